The molecule has 2 aromatic rings. The fraction of sp³-hybridized carbons (Fsp3) is 0.263. The monoisotopic (exact) mass is 310 g/mol. The van der Waals surface area contributed by atoms with Crippen LogP contribution in [-0.2, 0) is 9.59 Å². The fourth-order valence-corrected chi connectivity index (χ4v) is 2.14. The molecule has 4 nitrogen and oxygen atoms in total. The molecule has 0 bridgehead atoms. The van der Waals surface area contributed by atoms with Crippen molar-refractivity contribution >= 4 is 23.2 Å². The molecule has 0 atom stereocenters. The van der Waals surface area contributed by atoms with Gasteiger partial charge in [0, 0.05) is 11.4 Å². The number of nitrogens with one attached hydrogen (secondary N) is 2. The molecule has 0 aliphatic rings. The molecular weight excluding hydrogens is 288 g/mol. The largest absolute Gasteiger partial charge is 0.325 e. The van der Waals surface area contributed by atoms with Gasteiger partial charge in [-0.2, -0.15) is 0 Å². The number of anilines is 2. The van der Waals surface area contributed by atoms with Crippen molar-refractivity contribution in [2.45, 2.75) is 27.7 Å². The van der Waals surface area contributed by atoms with Crippen LogP contribution >= 0.6 is 0 Å². The zero-order valence-corrected chi connectivity index (χ0v) is 13.9. The van der Waals surface area contributed by atoms with Gasteiger partial charge in [0.05, 0.1) is 0 Å². The van der Waals surface area contributed by atoms with Gasteiger partial charge in [-0.05, 0) is 51.5 Å². The summed E-state index contributed by atoms with van der Waals surface area (Å²) in [6.45, 7) is 7.16. The molecule has 120 valence electrons. The third-order valence-corrected chi connectivity index (χ3v) is 3.80. The molecule has 4 heteroatoms. The third kappa shape index (κ3) is 3.97. The van der Waals surface area contributed by atoms with Crippen LogP contribution in [0.15, 0.2) is 48.5 Å². The van der Waals surface area contributed by atoms with Crippen molar-refractivity contribution in [1.29, 1.82) is 0 Å². The molecule has 23 heavy (non-hydrogen) atoms. The zero-order valence-electron chi connectivity index (χ0n) is 13.9. The highest BCUT2D eigenvalue weighted by molar-refractivity contribution is 6.14. The Balaban J connectivity index is 2.11. The van der Waals surface area contributed by atoms with Crippen LogP contribution < -0.4 is 10.6 Å². The van der Waals surface area contributed by atoms with E-state index in [9.17, 15) is 9.59 Å². The molecule has 2 aromatic carbocycles. The second kappa shape index (κ2) is 6.65. The average molecular weight is 310 g/mol. The molecule has 2 amide bonds. The minimum atomic E-state index is -1.19. The van der Waals surface area contributed by atoms with Gasteiger partial charge in [0.15, 0.2) is 0 Å². The van der Waals surface area contributed by atoms with Crippen molar-refractivity contribution < 1.29 is 9.59 Å². The Bertz CT molecular complexity index is 721. The number of carbonyl (C=O) groups is 2. The maximum atomic E-state index is 12.5. The van der Waals surface area contributed by atoms with E-state index in [0.717, 1.165) is 16.8 Å². The maximum Gasteiger partial charge on any atom is 0.239 e. The first-order chi connectivity index (χ1) is 10.8. The molecule has 0 aliphatic heterocycles. The number of amides is 2. The van der Waals surface area contributed by atoms with Crippen molar-refractivity contribution in [3.8, 4) is 0 Å². The van der Waals surface area contributed by atoms with Crippen LogP contribution in [0.3, 0.4) is 0 Å². The second-order valence-electron chi connectivity index (χ2n) is 6.22. The summed E-state index contributed by atoms with van der Waals surface area (Å²) >= 11 is 0. The summed E-state index contributed by atoms with van der Waals surface area (Å²) in [6.07, 6.45) is 0. The van der Waals surface area contributed by atoms with E-state index in [4.69, 9.17) is 0 Å². The molecule has 0 heterocycles. The molecular formula is C19H22N2O2. The van der Waals surface area contributed by atoms with Crippen molar-refractivity contribution in [3.63, 3.8) is 0 Å². The molecule has 0 spiro atoms. The summed E-state index contributed by atoms with van der Waals surface area (Å²) in [7, 11) is 0. The number of rotatable bonds is 4. The summed E-state index contributed by atoms with van der Waals surface area (Å²) in [5, 5.41) is 5.62. The lowest BCUT2D eigenvalue weighted by Crippen LogP contribution is -2.41. The average Bonchev–Trinajstić information content (AvgIpc) is 2.50. The standard InChI is InChI=1S/C19H22N2O2/c1-13-10-11-16(14(2)12-13)21-18(23)19(3,4)17(22)20-15-8-6-5-7-9-15/h5-12H,1-4H3,(H,20,22)(H,21,23). The molecule has 0 saturated carbocycles. The number of para-hydroxylation sites is 1. The molecule has 0 unspecified atom stereocenters. The van der Waals surface area contributed by atoms with Gasteiger partial charge < -0.3 is 10.6 Å². The highest BCUT2D eigenvalue weighted by atomic mass is 16.2. The van der Waals surface area contributed by atoms with Crippen LogP contribution in [0.1, 0.15) is 25.0 Å². The predicted octanol–water partition coefficient (Wildman–Crippen LogP) is 3.91. The molecule has 0 saturated heterocycles. The van der Waals surface area contributed by atoms with Crippen LogP contribution in [0.25, 0.3) is 0 Å². The van der Waals surface area contributed by atoms with Crippen LogP contribution in [0.2, 0.25) is 0 Å². The zero-order chi connectivity index (χ0) is 17.0. The van der Waals surface area contributed by atoms with Gasteiger partial charge in [-0.15, -0.1) is 0 Å². The Morgan fingerprint density at radius 2 is 1.48 bits per heavy atom. The summed E-state index contributed by atoms with van der Waals surface area (Å²) < 4.78 is 0. The Hall–Kier alpha value is -2.62. The van der Waals surface area contributed by atoms with E-state index >= 15 is 0 Å². The molecule has 0 fully saturated rings. The normalized spacial score (nSPS) is 11.0. The van der Waals surface area contributed by atoms with E-state index in [1.54, 1.807) is 26.0 Å². The van der Waals surface area contributed by atoms with Gasteiger partial charge in [-0.1, -0.05) is 35.9 Å². The van der Waals surface area contributed by atoms with E-state index in [1.165, 1.54) is 0 Å². The number of benzene rings is 2. The van der Waals surface area contributed by atoms with E-state index in [-0.39, 0.29) is 11.8 Å². The number of hydrogen-bond acceptors (Lipinski definition) is 2. The maximum absolute atomic E-state index is 12.5. The number of carbonyl (C=O) groups excluding carboxylic acids is 2. The van der Waals surface area contributed by atoms with Crippen molar-refractivity contribution in [1.82, 2.24) is 0 Å². The first-order valence-electron chi connectivity index (χ1n) is 7.56. The predicted molar refractivity (Wildman–Crippen MR) is 93.4 cm³/mol. The Morgan fingerprint density at radius 3 is 2.09 bits per heavy atom. The van der Waals surface area contributed by atoms with Crippen LogP contribution in [0.5, 0.6) is 0 Å². The van der Waals surface area contributed by atoms with E-state index in [0.29, 0.717) is 5.69 Å². The lowest BCUT2D eigenvalue weighted by atomic mass is 9.90. The van der Waals surface area contributed by atoms with Crippen molar-refractivity contribution in [2.24, 2.45) is 5.41 Å². The van der Waals surface area contributed by atoms with Crippen LogP contribution in [-0.4, -0.2) is 11.8 Å². The first-order valence-corrected chi connectivity index (χ1v) is 7.56. The minimum Gasteiger partial charge on any atom is -0.325 e. The second-order valence-corrected chi connectivity index (χ2v) is 6.22. The summed E-state index contributed by atoms with van der Waals surface area (Å²) in [5.74, 6) is -0.677. The van der Waals surface area contributed by atoms with Gasteiger partial charge >= 0.3 is 0 Å². The van der Waals surface area contributed by atoms with Crippen LogP contribution in [0, 0.1) is 19.3 Å². The van der Waals surface area contributed by atoms with Gasteiger partial charge in [0.25, 0.3) is 0 Å². The molecule has 0 aromatic heterocycles. The van der Waals surface area contributed by atoms with Crippen molar-refractivity contribution in [2.75, 3.05) is 10.6 Å². The van der Waals surface area contributed by atoms with E-state index in [1.807, 2.05) is 50.2 Å². The Labute approximate surface area is 136 Å². The topological polar surface area (TPSA) is 58.2 Å². The minimum absolute atomic E-state index is 0.335. The van der Waals surface area contributed by atoms with Gasteiger partial charge in [-0.25, -0.2) is 0 Å². The summed E-state index contributed by atoms with van der Waals surface area (Å²) in [5.41, 5.74) is 2.30. The lowest BCUT2D eigenvalue weighted by molar-refractivity contribution is -0.135. The highest BCUT2D eigenvalue weighted by Crippen LogP contribution is 2.23. The first kappa shape index (κ1) is 16.7. The molecule has 2 N–H and O–H groups in total. The van der Waals surface area contributed by atoms with Crippen LogP contribution in [0.4, 0.5) is 11.4 Å². The summed E-state index contributed by atoms with van der Waals surface area (Å²) in [4.78, 5) is 25.0. The van der Waals surface area contributed by atoms with E-state index < -0.39 is 5.41 Å². The smallest absolute Gasteiger partial charge is 0.239 e. The quantitative estimate of drug-likeness (QED) is 0.841. The van der Waals surface area contributed by atoms with Gasteiger partial charge in [0.1, 0.15) is 5.41 Å². The van der Waals surface area contributed by atoms with Crippen molar-refractivity contribution in [3.05, 3.63) is 59.7 Å². The molecule has 0 radical (unpaired) electrons. The molecule has 0 aliphatic carbocycles. The lowest BCUT2D eigenvalue weighted by Gasteiger charge is -2.23. The number of hydrogen-bond donors (Lipinski definition) is 2. The number of aryl methyl sites for hydroxylation is 2. The van der Waals surface area contributed by atoms with E-state index in [2.05, 4.69) is 10.6 Å². The third-order valence-electron chi connectivity index (χ3n) is 3.80. The Kier molecular flexibility index (Phi) is 4.84. The molecule has 2 rings (SSSR count). The highest BCUT2D eigenvalue weighted by Gasteiger charge is 2.36. The SMILES string of the molecule is Cc1ccc(NC(=O)C(C)(C)C(=O)Nc2ccccc2)c(C)c1. The summed E-state index contributed by atoms with van der Waals surface area (Å²) in [6, 6.07) is 14.9. The van der Waals surface area contributed by atoms with Gasteiger partial charge in [-0.3, -0.25) is 9.59 Å². The Morgan fingerprint density at radius 1 is 0.870 bits per heavy atom. The fourth-order valence-electron chi connectivity index (χ4n) is 2.14. The van der Waals surface area contributed by atoms with Gasteiger partial charge in [0.2, 0.25) is 11.8 Å².